The lowest BCUT2D eigenvalue weighted by atomic mass is 9.68. The molecule has 2 atom stereocenters. The fourth-order valence-electron chi connectivity index (χ4n) is 4.85. The zero-order chi connectivity index (χ0) is 15.6. The summed E-state index contributed by atoms with van der Waals surface area (Å²) in [5.41, 5.74) is 5.11. The molecule has 1 fully saturated rings. The van der Waals surface area contributed by atoms with Crippen molar-refractivity contribution in [1.82, 2.24) is 0 Å². The van der Waals surface area contributed by atoms with E-state index < -0.39 is 8.07 Å². The maximum Gasteiger partial charge on any atom is 0.159 e. The highest BCUT2D eigenvalue weighted by Gasteiger charge is 2.44. The highest BCUT2D eigenvalue weighted by Crippen LogP contribution is 2.54. The van der Waals surface area contributed by atoms with Gasteiger partial charge in [-0.05, 0) is 59.3 Å². The highest BCUT2D eigenvalue weighted by molar-refractivity contribution is 6.87. The second-order valence-electron chi connectivity index (χ2n) is 9.45. The van der Waals surface area contributed by atoms with Gasteiger partial charge in [0.25, 0.3) is 0 Å². The summed E-state index contributed by atoms with van der Waals surface area (Å²) in [6, 6.07) is 0. The number of carbonyl (C=O) groups is 1. The van der Waals surface area contributed by atoms with Crippen molar-refractivity contribution < 1.29 is 4.79 Å². The third-order valence-corrected chi connectivity index (χ3v) is 8.00. The van der Waals surface area contributed by atoms with Gasteiger partial charge in [0, 0.05) is 6.42 Å². The molecule has 1 saturated carbocycles. The number of Topliss-reactive ketones (excluding diaryl/α,β-unsaturated/α-hetero) is 1. The third kappa shape index (κ3) is 2.50. The summed E-state index contributed by atoms with van der Waals surface area (Å²) in [6.07, 6.45) is 5.84. The van der Waals surface area contributed by atoms with Gasteiger partial charge in [0.15, 0.2) is 5.78 Å². The summed E-state index contributed by atoms with van der Waals surface area (Å²) >= 11 is 0. The minimum atomic E-state index is -1.50. The van der Waals surface area contributed by atoms with Gasteiger partial charge in [-0.15, -0.1) is 0 Å². The topological polar surface area (TPSA) is 17.1 Å². The van der Waals surface area contributed by atoms with E-state index in [9.17, 15) is 4.79 Å². The highest BCUT2D eigenvalue weighted by atomic mass is 28.3. The molecule has 0 saturated heterocycles. The maximum atomic E-state index is 12.5. The van der Waals surface area contributed by atoms with Gasteiger partial charge in [-0.3, -0.25) is 4.79 Å². The number of rotatable bonds is 1. The molecular weight excluding hydrogens is 272 g/mol. The number of allylic oxidation sites excluding steroid dienone is 4. The van der Waals surface area contributed by atoms with Crippen LogP contribution in [0.4, 0.5) is 0 Å². The molecule has 0 heterocycles. The molecule has 2 heteroatoms. The molecule has 3 rings (SSSR count). The molecule has 1 nitrogen and oxygen atoms in total. The first-order valence-electron chi connectivity index (χ1n) is 8.58. The summed E-state index contributed by atoms with van der Waals surface area (Å²) in [5.74, 6) is 2.06. The van der Waals surface area contributed by atoms with Crippen molar-refractivity contribution in [3.63, 3.8) is 0 Å². The first-order valence-corrected chi connectivity index (χ1v) is 12.1. The molecule has 0 aromatic carbocycles. The molecular formula is C19H30OSi. The quantitative estimate of drug-likeness (QED) is 0.601. The predicted molar refractivity (Wildman–Crippen MR) is 91.9 cm³/mol. The van der Waals surface area contributed by atoms with Crippen molar-refractivity contribution in [2.75, 3.05) is 0 Å². The van der Waals surface area contributed by atoms with Gasteiger partial charge < -0.3 is 0 Å². The monoisotopic (exact) mass is 302 g/mol. The van der Waals surface area contributed by atoms with Crippen LogP contribution in [0.2, 0.25) is 19.6 Å². The molecule has 0 N–H and O–H groups in total. The van der Waals surface area contributed by atoms with Crippen LogP contribution in [0.1, 0.15) is 52.9 Å². The average Bonchev–Trinajstić information content (AvgIpc) is 2.79. The SMILES string of the molecule is CC(C)(C)[C@H]1CCC2=C3CC(=O)C([Si](C)(C)C)=C3C[C@H]2C1. The van der Waals surface area contributed by atoms with Crippen molar-refractivity contribution in [1.29, 1.82) is 0 Å². The molecule has 0 aliphatic heterocycles. The Morgan fingerprint density at radius 2 is 1.76 bits per heavy atom. The van der Waals surface area contributed by atoms with Gasteiger partial charge in [0.2, 0.25) is 0 Å². The van der Waals surface area contributed by atoms with E-state index in [0.717, 1.165) is 18.3 Å². The van der Waals surface area contributed by atoms with Crippen molar-refractivity contribution in [2.45, 2.75) is 72.5 Å². The van der Waals surface area contributed by atoms with Crippen LogP contribution >= 0.6 is 0 Å². The van der Waals surface area contributed by atoms with Crippen molar-refractivity contribution in [3.05, 3.63) is 21.9 Å². The zero-order valence-corrected chi connectivity index (χ0v) is 15.6. The van der Waals surface area contributed by atoms with Gasteiger partial charge in [0.05, 0.1) is 8.07 Å². The van der Waals surface area contributed by atoms with Crippen molar-refractivity contribution >= 4 is 13.9 Å². The number of hydrogen-bond donors (Lipinski definition) is 0. The number of carbonyl (C=O) groups excluding carboxylic acids is 1. The number of ketones is 1. The molecule has 0 spiro atoms. The Hall–Kier alpha value is -0.633. The smallest absolute Gasteiger partial charge is 0.159 e. The molecule has 21 heavy (non-hydrogen) atoms. The van der Waals surface area contributed by atoms with E-state index in [0.29, 0.717) is 11.2 Å². The van der Waals surface area contributed by atoms with Crippen molar-refractivity contribution in [3.8, 4) is 0 Å². The Bertz CT molecular complexity index is 551. The lowest BCUT2D eigenvalue weighted by Gasteiger charge is -2.38. The number of hydrogen-bond acceptors (Lipinski definition) is 1. The molecule has 0 aromatic heterocycles. The molecule has 0 unspecified atom stereocenters. The van der Waals surface area contributed by atoms with E-state index in [-0.39, 0.29) is 0 Å². The van der Waals surface area contributed by atoms with Crippen LogP contribution in [0.25, 0.3) is 0 Å². The fourth-order valence-corrected chi connectivity index (χ4v) is 6.94. The standard InChI is InChI=1S/C19H30OSi/c1-19(2,3)13-7-8-14-12(9-13)10-16-15(14)11-17(20)18(16)21(4,5)6/h12-13H,7-11H2,1-6H3/t12-,13+/m1/s1. The van der Waals surface area contributed by atoms with Gasteiger partial charge >= 0.3 is 0 Å². The van der Waals surface area contributed by atoms with Crippen LogP contribution in [0, 0.1) is 17.3 Å². The van der Waals surface area contributed by atoms with Crippen LogP contribution < -0.4 is 0 Å². The first kappa shape index (κ1) is 15.3. The summed E-state index contributed by atoms with van der Waals surface area (Å²) < 4.78 is 0. The predicted octanol–water partition coefficient (Wildman–Crippen LogP) is 5.30. The Balaban J connectivity index is 1.94. The van der Waals surface area contributed by atoms with Gasteiger partial charge in [0.1, 0.15) is 0 Å². The molecule has 0 radical (unpaired) electrons. The van der Waals surface area contributed by atoms with Crippen LogP contribution in [-0.4, -0.2) is 13.9 Å². The molecule has 0 amide bonds. The molecule has 0 aromatic rings. The van der Waals surface area contributed by atoms with E-state index in [1.54, 1.807) is 5.57 Å². The zero-order valence-electron chi connectivity index (χ0n) is 14.6. The van der Waals surface area contributed by atoms with Gasteiger partial charge in [-0.2, -0.15) is 0 Å². The van der Waals surface area contributed by atoms with E-state index in [1.165, 1.54) is 42.0 Å². The van der Waals surface area contributed by atoms with Crippen LogP contribution in [-0.2, 0) is 4.79 Å². The third-order valence-electron chi connectivity index (χ3n) is 5.92. The second-order valence-corrected chi connectivity index (χ2v) is 14.4. The fraction of sp³-hybridized carbons (Fsp3) is 0.737. The minimum absolute atomic E-state index is 0.430. The first-order chi connectivity index (χ1) is 9.59. The Labute approximate surface area is 130 Å². The molecule has 3 aliphatic carbocycles. The summed E-state index contributed by atoms with van der Waals surface area (Å²) in [7, 11) is -1.50. The Morgan fingerprint density at radius 3 is 2.33 bits per heavy atom. The van der Waals surface area contributed by atoms with E-state index in [4.69, 9.17) is 0 Å². The van der Waals surface area contributed by atoms with Crippen LogP contribution in [0.15, 0.2) is 21.9 Å². The van der Waals surface area contributed by atoms with Crippen molar-refractivity contribution in [2.24, 2.45) is 17.3 Å². The minimum Gasteiger partial charge on any atom is -0.295 e. The van der Waals surface area contributed by atoms with Gasteiger partial charge in [-0.25, -0.2) is 0 Å². The lowest BCUT2D eigenvalue weighted by Crippen LogP contribution is -2.29. The summed E-state index contributed by atoms with van der Waals surface area (Å²) in [4.78, 5) is 12.5. The van der Waals surface area contributed by atoms with Gasteiger partial charge in [-0.1, -0.05) is 46.0 Å². The van der Waals surface area contributed by atoms with E-state index >= 15 is 0 Å². The Morgan fingerprint density at radius 1 is 1.10 bits per heavy atom. The largest absolute Gasteiger partial charge is 0.295 e. The van der Waals surface area contributed by atoms with E-state index in [1.807, 2.05) is 0 Å². The van der Waals surface area contributed by atoms with Crippen LogP contribution in [0.5, 0.6) is 0 Å². The molecule has 0 bridgehead atoms. The molecule has 116 valence electrons. The maximum absolute atomic E-state index is 12.5. The normalized spacial score (nSPS) is 30.1. The lowest BCUT2D eigenvalue weighted by molar-refractivity contribution is -0.114. The molecule has 3 aliphatic rings. The summed E-state index contributed by atoms with van der Waals surface area (Å²) in [5, 5.41) is 1.28. The Kier molecular flexibility index (Phi) is 3.40. The van der Waals surface area contributed by atoms with Crippen LogP contribution in [0.3, 0.4) is 0 Å². The second kappa shape index (κ2) is 4.68. The number of fused-ring (bicyclic) bond motifs is 2. The average molecular weight is 303 g/mol. The summed E-state index contributed by atoms with van der Waals surface area (Å²) in [6.45, 7) is 14.2. The van der Waals surface area contributed by atoms with E-state index in [2.05, 4.69) is 40.4 Å².